The van der Waals surface area contributed by atoms with Crippen LogP contribution in [-0.2, 0) is 9.59 Å². The van der Waals surface area contributed by atoms with Crippen molar-refractivity contribution in [3.05, 3.63) is 12.2 Å². The molecule has 0 spiro atoms. The molecule has 20 heavy (non-hydrogen) atoms. The SMILES string of the molecule is CCC/C=C/C(=O)NCCCCCCNC(=O)C(C)C. The second-order valence-corrected chi connectivity index (χ2v) is 5.34. The summed E-state index contributed by atoms with van der Waals surface area (Å²) in [4.78, 5) is 22.6. The van der Waals surface area contributed by atoms with E-state index < -0.39 is 0 Å². The lowest BCUT2D eigenvalue weighted by Crippen LogP contribution is -2.28. The summed E-state index contributed by atoms with van der Waals surface area (Å²) < 4.78 is 0. The van der Waals surface area contributed by atoms with Crippen molar-refractivity contribution in [1.82, 2.24) is 10.6 Å². The monoisotopic (exact) mass is 282 g/mol. The Kier molecular flexibility index (Phi) is 11.9. The van der Waals surface area contributed by atoms with Gasteiger partial charge in [-0.2, -0.15) is 0 Å². The fraction of sp³-hybridized carbons (Fsp3) is 0.750. The van der Waals surface area contributed by atoms with E-state index in [0.717, 1.165) is 51.6 Å². The zero-order chi connectivity index (χ0) is 15.2. The van der Waals surface area contributed by atoms with E-state index in [9.17, 15) is 9.59 Å². The minimum absolute atomic E-state index is 0.00245. The molecule has 0 saturated heterocycles. The summed E-state index contributed by atoms with van der Waals surface area (Å²) in [6.07, 6.45) is 9.70. The molecule has 116 valence electrons. The molecule has 0 saturated carbocycles. The number of hydrogen-bond acceptors (Lipinski definition) is 2. The molecule has 0 unspecified atom stereocenters. The predicted octanol–water partition coefficient (Wildman–Crippen LogP) is 2.79. The molecule has 0 radical (unpaired) electrons. The summed E-state index contributed by atoms with van der Waals surface area (Å²) in [6.45, 7) is 7.36. The normalized spacial score (nSPS) is 11.0. The van der Waals surface area contributed by atoms with Gasteiger partial charge in [-0.3, -0.25) is 9.59 Å². The van der Waals surface area contributed by atoms with Crippen molar-refractivity contribution in [1.29, 1.82) is 0 Å². The fourth-order valence-electron chi connectivity index (χ4n) is 1.65. The molecule has 0 rings (SSSR count). The van der Waals surface area contributed by atoms with Gasteiger partial charge in [-0.25, -0.2) is 0 Å². The maximum absolute atomic E-state index is 11.3. The summed E-state index contributed by atoms with van der Waals surface area (Å²) in [5.74, 6) is 0.185. The van der Waals surface area contributed by atoms with Gasteiger partial charge in [0, 0.05) is 19.0 Å². The van der Waals surface area contributed by atoms with Gasteiger partial charge in [-0.15, -0.1) is 0 Å². The minimum Gasteiger partial charge on any atom is -0.356 e. The van der Waals surface area contributed by atoms with Crippen LogP contribution in [0.3, 0.4) is 0 Å². The maximum Gasteiger partial charge on any atom is 0.243 e. The molecular formula is C16H30N2O2. The van der Waals surface area contributed by atoms with Crippen LogP contribution in [0, 0.1) is 5.92 Å². The Balaban J connectivity index is 3.32. The molecule has 0 atom stereocenters. The molecule has 0 fully saturated rings. The van der Waals surface area contributed by atoms with E-state index >= 15 is 0 Å². The first kappa shape index (κ1) is 18.7. The maximum atomic E-state index is 11.3. The lowest BCUT2D eigenvalue weighted by atomic mass is 10.1. The fourth-order valence-corrected chi connectivity index (χ4v) is 1.65. The summed E-state index contributed by atoms with van der Waals surface area (Å²) >= 11 is 0. The van der Waals surface area contributed by atoms with Crippen LogP contribution in [0.2, 0.25) is 0 Å². The molecule has 0 aromatic heterocycles. The van der Waals surface area contributed by atoms with E-state index in [1.54, 1.807) is 6.08 Å². The van der Waals surface area contributed by atoms with Gasteiger partial charge >= 0.3 is 0 Å². The standard InChI is InChI=1S/C16H30N2O2/c1-4-5-8-11-15(19)17-12-9-6-7-10-13-18-16(20)14(2)3/h8,11,14H,4-7,9-10,12-13H2,1-3H3,(H,17,19)(H,18,20)/b11-8+. The van der Waals surface area contributed by atoms with E-state index in [0.29, 0.717) is 0 Å². The van der Waals surface area contributed by atoms with E-state index in [2.05, 4.69) is 17.6 Å². The molecule has 0 bridgehead atoms. The smallest absolute Gasteiger partial charge is 0.243 e. The number of unbranched alkanes of at least 4 members (excludes halogenated alkanes) is 4. The Morgan fingerprint density at radius 3 is 2.15 bits per heavy atom. The van der Waals surface area contributed by atoms with Gasteiger partial charge < -0.3 is 10.6 Å². The molecule has 0 aromatic rings. The van der Waals surface area contributed by atoms with Gasteiger partial charge in [0.1, 0.15) is 0 Å². The molecule has 4 heteroatoms. The number of amides is 2. The molecular weight excluding hydrogens is 252 g/mol. The van der Waals surface area contributed by atoms with Crippen molar-refractivity contribution in [2.24, 2.45) is 5.92 Å². The van der Waals surface area contributed by atoms with Crippen molar-refractivity contribution in [3.63, 3.8) is 0 Å². The van der Waals surface area contributed by atoms with Crippen LogP contribution in [-0.4, -0.2) is 24.9 Å². The van der Waals surface area contributed by atoms with Crippen LogP contribution >= 0.6 is 0 Å². The summed E-state index contributed by atoms with van der Waals surface area (Å²) in [5, 5.41) is 5.77. The lowest BCUT2D eigenvalue weighted by molar-refractivity contribution is -0.124. The first-order valence-electron chi connectivity index (χ1n) is 7.80. The van der Waals surface area contributed by atoms with E-state index in [1.165, 1.54) is 0 Å². The third-order valence-corrected chi connectivity index (χ3v) is 2.95. The molecule has 0 heterocycles. The van der Waals surface area contributed by atoms with Gasteiger partial charge in [0.05, 0.1) is 0 Å². The largest absolute Gasteiger partial charge is 0.356 e. The van der Waals surface area contributed by atoms with Crippen LogP contribution < -0.4 is 10.6 Å². The van der Waals surface area contributed by atoms with Crippen LogP contribution in [0.1, 0.15) is 59.3 Å². The van der Waals surface area contributed by atoms with Gasteiger partial charge in [0.25, 0.3) is 0 Å². The van der Waals surface area contributed by atoms with Crippen molar-refractivity contribution >= 4 is 11.8 Å². The van der Waals surface area contributed by atoms with Crippen molar-refractivity contribution in [3.8, 4) is 0 Å². The van der Waals surface area contributed by atoms with E-state index in [-0.39, 0.29) is 17.7 Å². The molecule has 0 aliphatic heterocycles. The van der Waals surface area contributed by atoms with Crippen molar-refractivity contribution in [2.75, 3.05) is 13.1 Å². The molecule has 0 aliphatic carbocycles. The van der Waals surface area contributed by atoms with E-state index in [1.807, 2.05) is 19.9 Å². The topological polar surface area (TPSA) is 58.2 Å². The Morgan fingerprint density at radius 1 is 1.00 bits per heavy atom. The second kappa shape index (κ2) is 12.7. The summed E-state index contributed by atoms with van der Waals surface area (Å²) in [7, 11) is 0. The van der Waals surface area contributed by atoms with Gasteiger partial charge in [-0.1, -0.05) is 46.1 Å². The number of hydrogen-bond donors (Lipinski definition) is 2. The van der Waals surface area contributed by atoms with E-state index in [4.69, 9.17) is 0 Å². The Bertz CT molecular complexity index is 299. The van der Waals surface area contributed by atoms with Gasteiger partial charge in [0.2, 0.25) is 11.8 Å². The average Bonchev–Trinajstić information content (AvgIpc) is 2.41. The lowest BCUT2D eigenvalue weighted by Gasteiger charge is -2.07. The van der Waals surface area contributed by atoms with Gasteiger partial charge in [-0.05, 0) is 25.3 Å². The van der Waals surface area contributed by atoms with Crippen LogP contribution in [0.25, 0.3) is 0 Å². The number of carbonyl (C=O) groups excluding carboxylic acids is 2. The molecule has 0 aliphatic rings. The summed E-state index contributed by atoms with van der Waals surface area (Å²) in [6, 6.07) is 0. The Morgan fingerprint density at radius 2 is 1.60 bits per heavy atom. The molecule has 2 amide bonds. The summed E-state index contributed by atoms with van der Waals surface area (Å²) in [5.41, 5.74) is 0. The van der Waals surface area contributed by atoms with Gasteiger partial charge in [0.15, 0.2) is 0 Å². The highest BCUT2D eigenvalue weighted by molar-refractivity contribution is 5.87. The minimum atomic E-state index is 0.00245. The zero-order valence-electron chi connectivity index (χ0n) is 13.2. The highest BCUT2D eigenvalue weighted by atomic mass is 16.2. The number of allylic oxidation sites excluding steroid dienone is 1. The third kappa shape index (κ3) is 11.8. The first-order chi connectivity index (χ1) is 9.57. The van der Waals surface area contributed by atoms with Crippen LogP contribution in [0.15, 0.2) is 12.2 Å². The Hall–Kier alpha value is -1.32. The van der Waals surface area contributed by atoms with Crippen LogP contribution in [0.4, 0.5) is 0 Å². The van der Waals surface area contributed by atoms with Crippen LogP contribution in [0.5, 0.6) is 0 Å². The molecule has 4 nitrogen and oxygen atoms in total. The predicted molar refractivity (Wildman–Crippen MR) is 83.4 cm³/mol. The highest BCUT2D eigenvalue weighted by Crippen LogP contribution is 1.99. The molecule has 2 N–H and O–H groups in total. The average molecular weight is 282 g/mol. The number of rotatable bonds is 11. The second-order valence-electron chi connectivity index (χ2n) is 5.34. The zero-order valence-corrected chi connectivity index (χ0v) is 13.2. The van der Waals surface area contributed by atoms with Crippen molar-refractivity contribution < 1.29 is 9.59 Å². The Labute approximate surface area is 123 Å². The first-order valence-corrected chi connectivity index (χ1v) is 7.80. The quantitative estimate of drug-likeness (QED) is 0.452. The highest BCUT2D eigenvalue weighted by Gasteiger charge is 2.04. The third-order valence-electron chi connectivity index (χ3n) is 2.95. The molecule has 0 aromatic carbocycles. The number of nitrogens with one attached hydrogen (secondary N) is 2. The van der Waals surface area contributed by atoms with Crippen molar-refractivity contribution in [2.45, 2.75) is 59.3 Å². The number of carbonyl (C=O) groups is 2.